The molecule has 0 aliphatic heterocycles. The molecule has 25 heavy (non-hydrogen) atoms. The molecule has 2 aromatic rings. The van der Waals surface area contributed by atoms with Gasteiger partial charge in [0.25, 0.3) is 5.91 Å². The maximum absolute atomic E-state index is 12.4. The van der Waals surface area contributed by atoms with Crippen molar-refractivity contribution < 1.29 is 4.79 Å². The molecule has 0 saturated carbocycles. The van der Waals surface area contributed by atoms with Gasteiger partial charge in [0.15, 0.2) is 0 Å². The van der Waals surface area contributed by atoms with Gasteiger partial charge in [-0.3, -0.25) is 9.78 Å². The molecule has 0 saturated heterocycles. The lowest BCUT2D eigenvalue weighted by molar-refractivity contribution is 0.0944. The van der Waals surface area contributed by atoms with Crippen LogP contribution in [0.25, 0.3) is 5.57 Å². The summed E-state index contributed by atoms with van der Waals surface area (Å²) in [6.45, 7) is 6.33. The van der Waals surface area contributed by atoms with E-state index >= 15 is 0 Å². The molecular formula is C22H24N2O. The highest BCUT2D eigenvalue weighted by molar-refractivity contribution is 5.95. The van der Waals surface area contributed by atoms with Crippen molar-refractivity contribution in [2.75, 3.05) is 0 Å². The first-order chi connectivity index (χ1) is 12.1. The Hall–Kier alpha value is -2.68. The number of hydrogen-bond donors (Lipinski definition) is 1. The van der Waals surface area contributed by atoms with Crippen molar-refractivity contribution in [3.8, 4) is 0 Å². The van der Waals surface area contributed by atoms with Crippen LogP contribution in [0.5, 0.6) is 0 Å². The number of aromatic nitrogens is 1. The number of pyridine rings is 1. The summed E-state index contributed by atoms with van der Waals surface area (Å²) < 4.78 is 0. The first-order valence-corrected chi connectivity index (χ1v) is 8.75. The average Bonchev–Trinajstić information content (AvgIpc) is 2.62. The van der Waals surface area contributed by atoms with Crippen LogP contribution in [0, 0.1) is 6.92 Å². The maximum Gasteiger partial charge on any atom is 0.252 e. The van der Waals surface area contributed by atoms with Crippen LogP contribution >= 0.6 is 0 Å². The van der Waals surface area contributed by atoms with Crippen LogP contribution in [-0.4, -0.2) is 16.9 Å². The minimum Gasteiger partial charge on any atom is -0.346 e. The van der Waals surface area contributed by atoms with Crippen molar-refractivity contribution in [2.24, 2.45) is 0 Å². The molecule has 1 heterocycles. The van der Waals surface area contributed by atoms with Crippen molar-refractivity contribution in [3.63, 3.8) is 0 Å². The van der Waals surface area contributed by atoms with Crippen LogP contribution in [0.15, 0.2) is 61.0 Å². The summed E-state index contributed by atoms with van der Waals surface area (Å²) in [6.07, 6.45) is 10.6. The Bertz CT molecular complexity index is 833. The van der Waals surface area contributed by atoms with Crippen LogP contribution < -0.4 is 5.32 Å². The molecule has 1 aromatic heterocycles. The Morgan fingerprint density at radius 2 is 2.04 bits per heavy atom. The van der Waals surface area contributed by atoms with E-state index in [0.29, 0.717) is 11.5 Å². The van der Waals surface area contributed by atoms with Gasteiger partial charge >= 0.3 is 0 Å². The quantitative estimate of drug-likeness (QED) is 0.885. The zero-order chi connectivity index (χ0) is 17.8. The number of aryl methyl sites for hydroxylation is 1. The molecule has 1 atom stereocenters. The minimum atomic E-state index is -0.0472. The van der Waals surface area contributed by atoms with Gasteiger partial charge in [0.2, 0.25) is 0 Å². The lowest BCUT2D eigenvalue weighted by atomic mass is 9.89. The molecule has 128 valence electrons. The Balaban J connectivity index is 1.71. The van der Waals surface area contributed by atoms with E-state index in [-0.39, 0.29) is 11.9 Å². The molecule has 0 fully saturated rings. The van der Waals surface area contributed by atoms with Crippen LogP contribution in [0.3, 0.4) is 0 Å². The van der Waals surface area contributed by atoms with E-state index in [1.165, 1.54) is 16.7 Å². The highest BCUT2D eigenvalue weighted by atomic mass is 16.1. The van der Waals surface area contributed by atoms with Crippen LogP contribution in [0.4, 0.5) is 0 Å². The van der Waals surface area contributed by atoms with Crippen molar-refractivity contribution >= 4 is 11.5 Å². The molecule has 1 unspecified atom stereocenters. The highest BCUT2D eigenvalue weighted by Gasteiger charge is 2.16. The molecule has 3 rings (SSSR count). The molecule has 0 bridgehead atoms. The second kappa shape index (κ2) is 7.47. The standard InChI is InChI=1S/C22H24N2O/c1-15(2)19-6-4-5-7-21(19)17-8-10-18(11-9-17)24-22(25)20-12-13-23-14-16(20)3/h4-10,12-15,18H,11H2,1-3H3,(H,24,25). The average molecular weight is 332 g/mol. The summed E-state index contributed by atoms with van der Waals surface area (Å²) >= 11 is 0. The normalized spacial score (nSPS) is 16.6. The summed E-state index contributed by atoms with van der Waals surface area (Å²) in [4.78, 5) is 16.5. The predicted octanol–water partition coefficient (Wildman–Crippen LogP) is 4.66. The Morgan fingerprint density at radius 3 is 2.72 bits per heavy atom. The van der Waals surface area contributed by atoms with E-state index in [2.05, 4.69) is 66.6 Å². The Labute approximate surface area is 149 Å². The summed E-state index contributed by atoms with van der Waals surface area (Å²) in [5.74, 6) is 0.437. The molecule has 0 spiro atoms. The minimum absolute atomic E-state index is 0.0232. The summed E-state index contributed by atoms with van der Waals surface area (Å²) in [6, 6.07) is 10.3. The molecule has 3 heteroatoms. The number of allylic oxidation sites excluding steroid dienone is 2. The van der Waals surface area contributed by atoms with E-state index < -0.39 is 0 Å². The van der Waals surface area contributed by atoms with E-state index in [4.69, 9.17) is 0 Å². The predicted molar refractivity (Wildman–Crippen MR) is 102 cm³/mol. The molecular weight excluding hydrogens is 308 g/mol. The van der Waals surface area contributed by atoms with Gasteiger partial charge in [0.1, 0.15) is 0 Å². The van der Waals surface area contributed by atoms with E-state index in [9.17, 15) is 4.79 Å². The summed E-state index contributed by atoms with van der Waals surface area (Å²) in [5, 5.41) is 3.09. The number of nitrogens with one attached hydrogen (secondary N) is 1. The highest BCUT2D eigenvalue weighted by Crippen LogP contribution is 2.29. The van der Waals surface area contributed by atoms with E-state index in [1.807, 2.05) is 6.92 Å². The fraction of sp³-hybridized carbons (Fsp3) is 0.273. The third-order valence-corrected chi connectivity index (χ3v) is 4.58. The second-order valence-electron chi connectivity index (χ2n) is 6.77. The largest absolute Gasteiger partial charge is 0.346 e. The third kappa shape index (κ3) is 3.87. The molecule has 1 amide bonds. The lowest BCUT2D eigenvalue weighted by Crippen LogP contribution is -2.34. The van der Waals surface area contributed by atoms with Gasteiger partial charge in [-0.1, -0.05) is 56.3 Å². The van der Waals surface area contributed by atoms with Gasteiger partial charge in [-0.05, 0) is 47.6 Å². The monoisotopic (exact) mass is 332 g/mol. The van der Waals surface area contributed by atoms with Crippen molar-refractivity contribution in [1.82, 2.24) is 10.3 Å². The van der Waals surface area contributed by atoms with Crippen molar-refractivity contribution in [3.05, 3.63) is 83.2 Å². The number of rotatable bonds is 4. The van der Waals surface area contributed by atoms with Crippen LogP contribution in [0.1, 0.15) is 53.2 Å². The maximum atomic E-state index is 12.4. The molecule has 0 radical (unpaired) electrons. The molecule has 1 aliphatic carbocycles. The van der Waals surface area contributed by atoms with Crippen LogP contribution in [-0.2, 0) is 0 Å². The van der Waals surface area contributed by atoms with Crippen LogP contribution in [0.2, 0.25) is 0 Å². The van der Waals surface area contributed by atoms with E-state index in [0.717, 1.165) is 12.0 Å². The van der Waals surface area contributed by atoms with Gasteiger partial charge in [0.05, 0.1) is 6.04 Å². The van der Waals surface area contributed by atoms with Gasteiger partial charge in [0, 0.05) is 18.0 Å². The summed E-state index contributed by atoms with van der Waals surface area (Å²) in [5.41, 5.74) is 5.44. The zero-order valence-electron chi connectivity index (χ0n) is 15.0. The number of benzene rings is 1. The SMILES string of the molecule is Cc1cnccc1C(=O)NC1C=CC(c2ccccc2C(C)C)=CC1. The molecule has 1 aromatic carbocycles. The van der Waals surface area contributed by atoms with Crippen molar-refractivity contribution in [1.29, 1.82) is 0 Å². The Morgan fingerprint density at radius 1 is 1.24 bits per heavy atom. The molecule has 1 aliphatic rings. The van der Waals surface area contributed by atoms with Gasteiger partial charge < -0.3 is 5.32 Å². The fourth-order valence-corrected chi connectivity index (χ4v) is 3.16. The molecule has 3 nitrogen and oxygen atoms in total. The first-order valence-electron chi connectivity index (χ1n) is 8.75. The van der Waals surface area contributed by atoms with Gasteiger partial charge in [-0.2, -0.15) is 0 Å². The Kier molecular flexibility index (Phi) is 5.13. The molecule has 1 N–H and O–H groups in total. The number of amides is 1. The topological polar surface area (TPSA) is 42.0 Å². The third-order valence-electron chi connectivity index (χ3n) is 4.58. The summed E-state index contributed by atoms with van der Waals surface area (Å²) in [7, 11) is 0. The second-order valence-corrected chi connectivity index (χ2v) is 6.77. The van der Waals surface area contributed by atoms with Gasteiger partial charge in [-0.15, -0.1) is 0 Å². The first kappa shape index (κ1) is 17.2. The van der Waals surface area contributed by atoms with Crippen molar-refractivity contribution in [2.45, 2.75) is 39.2 Å². The van der Waals surface area contributed by atoms with Gasteiger partial charge in [-0.25, -0.2) is 0 Å². The fourth-order valence-electron chi connectivity index (χ4n) is 3.16. The number of carbonyl (C=O) groups excluding carboxylic acids is 1. The smallest absolute Gasteiger partial charge is 0.252 e. The number of nitrogens with zero attached hydrogens (tertiary/aromatic N) is 1. The van der Waals surface area contributed by atoms with E-state index in [1.54, 1.807) is 18.5 Å². The number of hydrogen-bond acceptors (Lipinski definition) is 2. The zero-order valence-corrected chi connectivity index (χ0v) is 15.0. The lowest BCUT2D eigenvalue weighted by Gasteiger charge is -2.20. The number of carbonyl (C=O) groups is 1.